The van der Waals surface area contributed by atoms with Crippen LogP contribution in [0.4, 0.5) is 5.82 Å². The second kappa shape index (κ2) is 5.88. The Bertz CT molecular complexity index is 792. The third-order valence-corrected chi connectivity index (χ3v) is 3.28. The summed E-state index contributed by atoms with van der Waals surface area (Å²) in [6, 6.07) is 6.78. The van der Waals surface area contributed by atoms with Gasteiger partial charge in [-0.3, -0.25) is 4.79 Å². The lowest BCUT2D eigenvalue weighted by Gasteiger charge is -2.05. The molecule has 7 nitrogen and oxygen atoms in total. The molecule has 0 aliphatic carbocycles. The molecule has 0 spiro atoms. The number of unbranched alkanes of at least 4 members (excludes halogenated alkanes) is 1. The number of pyridine rings is 1. The van der Waals surface area contributed by atoms with E-state index in [0.717, 1.165) is 12.8 Å². The van der Waals surface area contributed by atoms with Gasteiger partial charge in [0.25, 0.3) is 5.91 Å². The van der Waals surface area contributed by atoms with Gasteiger partial charge in [-0.1, -0.05) is 13.3 Å². The zero-order chi connectivity index (χ0) is 15.5. The summed E-state index contributed by atoms with van der Waals surface area (Å²) in [6.07, 6.45) is 3.52. The smallest absolute Gasteiger partial charge is 0.251 e. The number of fused-ring (bicyclic) bond motifs is 1. The number of carbonyl (C=O) groups is 1. The molecule has 0 bridgehead atoms. The summed E-state index contributed by atoms with van der Waals surface area (Å²) in [7, 11) is 0. The number of hydrogen-bond donors (Lipinski definition) is 2. The Labute approximate surface area is 127 Å². The van der Waals surface area contributed by atoms with Gasteiger partial charge in [-0.25, -0.2) is 4.98 Å². The molecular weight excluding hydrogens is 282 g/mol. The molecule has 3 aromatic rings. The van der Waals surface area contributed by atoms with Crippen LogP contribution in [-0.4, -0.2) is 27.0 Å². The number of nitrogens with zero attached hydrogens (tertiary/aromatic N) is 3. The second-order valence-corrected chi connectivity index (χ2v) is 4.96. The van der Waals surface area contributed by atoms with Gasteiger partial charge >= 0.3 is 0 Å². The molecule has 22 heavy (non-hydrogen) atoms. The molecule has 114 valence electrons. The first kappa shape index (κ1) is 14.1. The van der Waals surface area contributed by atoms with Crippen LogP contribution in [0.1, 0.15) is 30.1 Å². The van der Waals surface area contributed by atoms with E-state index in [2.05, 4.69) is 22.3 Å². The molecule has 0 saturated heterocycles. The molecule has 0 atom stereocenters. The quantitative estimate of drug-likeness (QED) is 0.703. The number of anilines is 1. The van der Waals surface area contributed by atoms with Gasteiger partial charge in [-0.05, 0) is 30.7 Å². The van der Waals surface area contributed by atoms with Crippen molar-refractivity contribution in [2.45, 2.75) is 19.8 Å². The van der Waals surface area contributed by atoms with Crippen LogP contribution >= 0.6 is 0 Å². The fraction of sp³-hybridized carbons (Fsp3) is 0.267. The van der Waals surface area contributed by atoms with Gasteiger partial charge in [0.15, 0.2) is 11.4 Å². The van der Waals surface area contributed by atoms with E-state index >= 15 is 0 Å². The summed E-state index contributed by atoms with van der Waals surface area (Å²) in [5.41, 5.74) is 6.94. The molecule has 7 heteroatoms. The fourth-order valence-corrected chi connectivity index (χ4v) is 2.13. The highest BCUT2D eigenvalue weighted by Crippen LogP contribution is 2.19. The maximum Gasteiger partial charge on any atom is 0.251 e. The molecular formula is C15H17N5O2. The predicted molar refractivity (Wildman–Crippen MR) is 82.3 cm³/mol. The SMILES string of the molecule is CCCCNC(=O)c1cc(N)n2nc(-c3ccco3)nc2c1. The predicted octanol–water partition coefficient (Wildman–Crippen LogP) is 2.10. The highest BCUT2D eigenvalue weighted by molar-refractivity contribution is 5.95. The van der Waals surface area contributed by atoms with E-state index in [1.54, 1.807) is 30.5 Å². The third kappa shape index (κ3) is 2.65. The Morgan fingerprint density at radius 3 is 3.05 bits per heavy atom. The maximum atomic E-state index is 12.1. The summed E-state index contributed by atoms with van der Waals surface area (Å²) in [4.78, 5) is 16.5. The Morgan fingerprint density at radius 2 is 2.32 bits per heavy atom. The summed E-state index contributed by atoms with van der Waals surface area (Å²) in [5, 5.41) is 7.14. The van der Waals surface area contributed by atoms with Crippen molar-refractivity contribution < 1.29 is 9.21 Å². The van der Waals surface area contributed by atoms with Crippen molar-refractivity contribution in [3.05, 3.63) is 36.1 Å². The highest BCUT2D eigenvalue weighted by atomic mass is 16.3. The van der Waals surface area contributed by atoms with Crippen LogP contribution in [0.25, 0.3) is 17.2 Å². The van der Waals surface area contributed by atoms with E-state index < -0.39 is 0 Å². The number of carbonyl (C=O) groups excluding carboxylic acids is 1. The molecule has 0 unspecified atom stereocenters. The van der Waals surface area contributed by atoms with Gasteiger partial charge in [0.1, 0.15) is 5.82 Å². The first-order chi connectivity index (χ1) is 10.7. The minimum absolute atomic E-state index is 0.162. The van der Waals surface area contributed by atoms with Crippen molar-refractivity contribution in [2.75, 3.05) is 12.3 Å². The van der Waals surface area contributed by atoms with E-state index in [0.29, 0.717) is 35.2 Å². The lowest BCUT2D eigenvalue weighted by atomic mass is 10.2. The van der Waals surface area contributed by atoms with Gasteiger partial charge in [0.2, 0.25) is 5.82 Å². The molecule has 0 aliphatic heterocycles. The monoisotopic (exact) mass is 299 g/mol. The topological polar surface area (TPSA) is 98.5 Å². The van der Waals surface area contributed by atoms with Crippen LogP contribution in [0, 0.1) is 0 Å². The summed E-state index contributed by atoms with van der Waals surface area (Å²) < 4.78 is 6.76. The first-order valence-corrected chi connectivity index (χ1v) is 7.17. The van der Waals surface area contributed by atoms with Crippen molar-refractivity contribution in [1.82, 2.24) is 19.9 Å². The zero-order valence-electron chi connectivity index (χ0n) is 12.2. The Kier molecular flexibility index (Phi) is 3.78. The summed E-state index contributed by atoms with van der Waals surface area (Å²) in [6.45, 7) is 2.72. The van der Waals surface area contributed by atoms with Crippen molar-refractivity contribution in [3.8, 4) is 11.6 Å². The average Bonchev–Trinajstić information content (AvgIpc) is 3.16. The number of amides is 1. The van der Waals surface area contributed by atoms with E-state index in [-0.39, 0.29) is 5.91 Å². The van der Waals surface area contributed by atoms with Crippen molar-refractivity contribution in [2.24, 2.45) is 0 Å². The van der Waals surface area contributed by atoms with Crippen molar-refractivity contribution >= 4 is 17.4 Å². The number of hydrogen-bond acceptors (Lipinski definition) is 5. The molecule has 0 fully saturated rings. The molecule has 1 amide bonds. The van der Waals surface area contributed by atoms with E-state index in [9.17, 15) is 4.79 Å². The number of nitrogen functional groups attached to an aromatic ring is 1. The molecule has 3 rings (SSSR count). The van der Waals surface area contributed by atoms with Crippen LogP contribution in [0.3, 0.4) is 0 Å². The van der Waals surface area contributed by atoms with Crippen LogP contribution in [-0.2, 0) is 0 Å². The number of furan rings is 1. The van der Waals surface area contributed by atoms with E-state index in [1.165, 1.54) is 4.52 Å². The summed E-state index contributed by atoms with van der Waals surface area (Å²) >= 11 is 0. The minimum Gasteiger partial charge on any atom is -0.461 e. The zero-order valence-corrected chi connectivity index (χ0v) is 12.2. The number of rotatable bonds is 5. The minimum atomic E-state index is -0.162. The summed E-state index contributed by atoms with van der Waals surface area (Å²) in [5.74, 6) is 1.17. The Balaban J connectivity index is 1.92. The highest BCUT2D eigenvalue weighted by Gasteiger charge is 2.14. The molecule has 3 heterocycles. The van der Waals surface area contributed by atoms with Gasteiger partial charge in [0, 0.05) is 12.1 Å². The van der Waals surface area contributed by atoms with Crippen LogP contribution in [0.5, 0.6) is 0 Å². The average molecular weight is 299 g/mol. The van der Waals surface area contributed by atoms with Crippen LogP contribution in [0.2, 0.25) is 0 Å². The fourth-order valence-electron chi connectivity index (χ4n) is 2.13. The number of aromatic nitrogens is 3. The van der Waals surface area contributed by atoms with E-state index in [1.807, 2.05) is 0 Å². The Hall–Kier alpha value is -2.83. The molecule has 0 aromatic carbocycles. The molecule has 3 aromatic heterocycles. The van der Waals surface area contributed by atoms with Crippen LogP contribution < -0.4 is 11.1 Å². The maximum absolute atomic E-state index is 12.1. The normalized spacial score (nSPS) is 11.0. The molecule has 0 saturated carbocycles. The Morgan fingerprint density at radius 1 is 1.45 bits per heavy atom. The largest absolute Gasteiger partial charge is 0.461 e. The van der Waals surface area contributed by atoms with Gasteiger partial charge in [-0.2, -0.15) is 4.52 Å². The molecule has 0 aliphatic rings. The van der Waals surface area contributed by atoms with Gasteiger partial charge in [-0.15, -0.1) is 5.10 Å². The lowest BCUT2D eigenvalue weighted by molar-refractivity contribution is 0.0953. The van der Waals surface area contributed by atoms with E-state index in [4.69, 9.17) is 10.2 Å². The lowest BCUT2D eigenvalue weighted by Crippen LogP contribution is -2.24. The van der Waals surface area contributed by atoms with Gasteiger partial charge in [0.05, 0.1) is 6.26 Å². The molecule has 3 N–H and O–H groups in total. The van der Waals surface area contributed by atoms with Gasteiger partial charge < -0.3 is 15.5 Å². The number of nitrogens with two attached hydrogens (primary N) is 1. The standard InChI is InChI=1S/C15H17N5O2/c1-2-3-6-17-15(21)10-8-12(16)20-13(9-10)18-14(19-20)11-5-4-7-22-11/h4-5,7-9H,2-3,6,16H2,1H3,(H,17,21). The van der Waals surface area contributed by atoms with Crippen molar-refractivity contribution in [1.29, 1.82) is 0 Å². The first-order valence-electron chi connectivity index (χ1n) is 7.17. The number of nitrogens with one attached hydrogen (secondary N) is 1. The second-order valence-electron chi connectivity index (χ2n) is 4.96. The van der Waals surface area contributed by atoms with Crippen LogP contribution in [0.15, 0.2) is 34.9 Å². The third-order valence-electron chi connectivity index (χ3n) is 3.28. The molecule has 0 radical (unpaired) electrons. The van der Waals surface area contributed by atoms with Crippen molar-refractivity contribution in [3.63, 3.8) is 0 Å².